The number of halogens is 2. The number of ether oxygens (including phenoxy) is 3. The van der Waals surface area contributed by atoms with E-state index in [1.165, 1.54) is 23.9 Å². The van der Waals surface area contributed by atoms with Crippen LogP contribution in [0.15, 0.2) is 99.4 Å². The van der Waals surface area contributed by atoms with Crippen LogP contribution in [0.4, 0.5) is 5.69 Å². The van der Waals surface area contributed by atoms with Crippen LogP contribution < -0.4 is 26.7 Å². The minimum atomic E-state index is -0.678. The number of epoxide rings is 1. The lowest BCUT2D eigenvalue weighted by Crippen LogP contribution is -2.21. The molecule has 2 aliphatic rings. The van der Waals surface area contributed by atoms with Gasteiger partial charge in [0, 0.05) is 30.4 Å². The summed E-state index contributed by atoms with van der Waals surface area (Å²) in [4.78, 5) is 44.7. The van der Waals surface area contributed by atoms with Crippen molar-refractivity contribution < 1.29 is 37.7 Å². The number of rotatable bonds is 8. The van der Waals surface area contributed by atoms with Gasteiger partial charge in [-0.2, -0.15) is 0 Å². The van der Waals surface area contributed by atoms with Gasteiger partial charge in [-0.3, -0.25) is 15.0 Å². The molecule has 4 aromatic carbocycles. The Hall–Kier alpha value is -5.39. The SMILES string of the molecule is O=c1[nH]c2ccc(O)cc2o1.O=c1[nH]c2ccc(OCC3CO3)cc2o1.O=c1[nH]c2ccc(OC[C@@H](O)CSC3=Nc4cc(Cl)c(Cl)cc4C3)cc2o1. The lowest BCUT2D eigenvalue weighted by atomic mass is 10.1. The maximum absolute atomic E-state index is 11.2. The quantitative estimate of drug-likeness (QED) is 0.114. The normalized spacial score (nSPS) is 14.9. The van der Waals surface area contributed by atoms with Gasteiger partial charge in [-0.15, -0.1) is 11.8 Å². The zero-order valence-corrected chi connectivity index (χ0v) is 29.5. The Kier molecular flexibility index (Phi) is 10.7. The molecule has 5 heterocycles. The van der Waals surface area contributed by atoms with Crippen molar-refractivity contribution in [2.75, 3.05) is 25.6 Å². The van der Waals surface area contributed by atoms with Crippen molar-refractivity contribution in [2.24, 2.45) is 4.99 Å². The Labute approximate surface area is 311 Å². The minimum absolute atomic E-state index is 0.0836. The molecule has 5 N–H and O–H groups in total. The van der Waals surface area contributed by atoms with E-state index in [0.29, 0.717) is 73.6 Å². The molecule has 18 heteroatoms. The summed E-state index contributed by atoms with van der Waals surface area (Å²) in [5.74, 6) is 0.249. The van der Waals surface area contributed by atoms with Crippen molar-refractivity contribution in [3.8, 4) is 17.2 Å². The molecule has 9 rings (SSSR count). The van der Waals surface area contributed by atoms with Crippen molar-refractivity contribution in [1.29, 1.82) is 0 Å². The number of aromatic amines is 3. The third-order valence-electron chi connectivity index (χ3n) is 7.62. The smallest absolute Gasteiger partial charge is 0.417 e. The molecule has 7 aromatic rings. The third kappa shape index (κ3) is 9.35. The van der Waals surface area contributed by atoms with E-state index in [0.717, 1.165) is 22.9 Å². The number of aliphatic hydroxyl groups is 1. The Bertz CT molecular complexity index is 2620. The van der Waals surface area contributed by atoms with Crippen molar-refractivity contribution in [3.05, 3.63) is 114 Å². The number of thioether (sulfide) groups is 1. The van der Waals surface area contributed by atoms with Gasteiger partial charge in [0.15, 0.2) is 16.7 Å². The number of benzene rings is 4. The summed E-state index contributed by atoms with van der Waals surface area (Å²) in [5.41, 5.74) is 5.00. The number of aromatic hydroxyl groups is 1. The number of aromatic nitrogens is 3. The van der Waals surface area contributed by atoms with Crippen molar-refractivity contribution in [3.63, 3.8) is 0 Å². The molecule has 2 atom stereocenters. The summed E-state index contributed by atoms with van der Waals surface area (Å²) in [6, 6.07) is 18.3. The molecular formula is C35H28Cl2N4O11S. The predicted octanol–water partition coefficient (Wildman–Crippen LogP) is 5.91. The number of fused-ring (bicyclic) bond motifs is 4. The first-order valence-electron chi connectivity index (χ1n) is 15.9. The van der Waals surface area contributed by atoms with Gasteiger partial charge in [0.05, 0.1) is 50.0 Å². The van der Waals surface area contributed by atoms with Crippen LogP contribution in [-0.4, -0.2) is 68.0 Å². The van der Waals surface area contributed by atoms with Gasteiger partial charge in [-0.05, 0) is 54.1 Å². The average molecular weight is 784 g/mol. The number of hydrogen-bond donors (Lipinski definition) is 5. The highest BCUT2D eigenvalue weighted by Crippen LogP contribution is 2.36. The van der Waals surface area contributed by atoms with E-state index < -0.39 is 23.4 Å². The standard InChI is InChI=1S/C18H14Cl2N2O4S.C10H9NO4.C7H5NO3/c19-12-3-9-4-17(21-15(9)6-13(12)20)27-8-10(23)7-25-11-1-2-14-16(5-11)26-18(24)22-14;12-10-11-8-2-1-6(3-9(8)15-10)13-4-7-5-14-7;9-4-1-2-5-6(3-4)11-7(10)8-5/h1-3,5-6,10,23H,4,7-8H2,(H,22,24);1-3,7H,4-5H2,(H,11,12);1-3,9H,(H,8,10)/t10-;;/m1../s1. The van der Waals surface area contributed by atoms with Crippen molar-refractivity contribution in [2.45, 2.75) is 18.6 Å². The van der Waals surface area contributed by atoms with E-state index in [1.54, 1.807) is 48.5 Å². The minimum Gasteiger partial charge on any atom is -0.508 e. The molecule has 1 fully saturated rings. The first-order chi connectivity index (χ1) is 25.5. The molecule has 0 saturated carbocycles. The van der Waals surface area contributed by atoms with Crippen LogP contribution in [-0.2, 0) is 11.2 Å². The highest BCUT2D eigenvalue weighted by molar-refractivity contribution is 8.14. The summed E-state index contributed by atoms with van der Waals surface area (Å²) in [7, 11) is 0. The average Bonchev–Trinajstić information content (AvgIpc) is 3.37. The molecule has 53 heavy (non-hydrogen) atoms. The second-order valence-electron chi connectivity index (χ2n) is 11.7. The van der Waals surface area contributed by atoms with Gasteiger partial charge in [0.2, 0.25) is 0 Å². The maximum Gasteiger partial charge on any atom is 0.417 e. The number of hydrogen-bond acceptors (Lipinski definition) is 13. The summed E-state index contributed by atoms with van der Waals surface area (Å²) >= 11 is 13.5. The van der Waals surface area contributed by atoms with Crippen molar-refractivity contribution in [1.82, 2.24) is 15.0 Å². The molecule has 2 aliphatic heterocycles. The second kappa shape index (κ2) is 15.7. The first kappa shape index (κ1) is 36.0. The van der Waals surface area contributed by atoms with Gasteiger partial charge < -0.3 is 37.7 Å². The molecule has 0 amide bonds. The van der Waals surface area contributed by atoms with Crippen LogP contribution in [0.5, 0.6) is 17.2 Å². The topological polar surface area (TPSA) is 222 Å². The number of aliphatic imine (C=N–C) groups is 1. The monoisotopic (exact) mass is 782 g/mol. The fourth-order valence-corrected chi connectivity index (χ4v) is 6.24. The highest BCUT2D eigenvalue weighted by atomic mass is 35.5. The van der Waals surface area contributed by atoms with Crippen LogP contribution in [0.2, 0.25) is 10.0 Å². The van der Waals surface area contributed by atoms with Gasteiger partial charge in [-0.25, -0.2) is 19.4 Å². The van der Waals surface area contributed by atoms with Crippen LogP contribution in [0, 0.1) is 0 Å². The molecule has 15 nitrogen and oxygen atoms in total. The third-order valence-corrected chi connectivity index (χ3v) is 9.46. The molecule has 0 bridgehead atoms. The molecule has 274 valence electrons. The fraction of sp³-hybridized carbons (Fsp3) is 0.200. The van der Waals surface area contributed by atoms with Crippen LogP contribution in [0.25, 0.3) is 33.3 Å². The summed E-state index contributed by atoms with van der Waals surface area (Å²) in [6.45, 7) is 1.42. The van der Waals surface area contributed by atoms with E-state index in [1.807, 2.05) is 6.07 Å². The van der Waals surface area contributed by atoms with E-state index >= 15 is 0 Å². The van der Waals surface area contributed by atoms with Gasteiger partial charge in [0.1, 0.15) is 36.6 Å². The molecular weight excluding hydrogens is 755 g/mol. The van der Waals surface area contributed by atoms with Crippen molar-refractivity contribution >= 4 is 79.0 Å². The van der Waals surface area contributed by atoms with Gasteiger partial charge in [0.25, 0.3) is 0 Å². The number of phenols is 1. The number of aliphatic hydroxyl groups excluding tert-OH is 1. The Morgan fingerprint density at radius 1 is 0.792 bits per heavy atom. The lowest BCUT2D eigenvalue weighted by molar-refractivity contribution is 0.126. The van der Waals surface area contributed by atoms with Crippen LogP contribution >= 0.6 is 35.0 Å². The maximum atomic E-state index is 11.2. The Balaban J connectivity index is 0.000000139. The second-order valence-corrected chi connectivity index (χ2v) is 13.6. The molecule has 0 spiro atoms. The van der Waals surface area contributed by atoms with Crippen LogP contribution in [0.3, 0.4) is 0 Å². The summed E-state index contributed by atoms with van der Waals surface area (Å²) in [6.07, 6.45) is 0.217. The molecule has 3 aromatic heterocycles. The van der Waals surface area contributed by atoms with Gasteiger partial charge >= 0.3 is 17.3 Å². The zero-order chi connectivity index (χ0) is 37.1. The number of nitrogens with zero attached hydrogens (tertiary/aromatic N) is 1. The summed E-state index contributed by atoms with van der Waals surface area (Å²) < 4.78 is 30.6. The predicted molar refractivity (Wildman–Crippen MR) is 199 cm³/mol. The number of H-pyrrole nitrogens is 3. The molecule has 1 unspecified atom stereocenters. The lowest BCUT2D eigenvalue weighted by Gasteiger charge is -2.12. The number of phenolic OH excluding ortho intramolecular Hbond substituents is 1. The van der Waals surface area contributed by atoms with E-state index in [9.17, 15) is 19.5 Å². The molecule has 0 aliphatic carbocycles. The van der Waals surface area contributed by atoms with E-state index in [4.69, 9.17) is 51.4 Å². The first-order valence-corrected chi connectivity index (χ1v) is 17.6. The zero-order valence-electron chi connectivity index (χ0n) is 27.2. The molecule has 1 saturated heterocycles. The Morgan fingerprint density at radius 2 is 1.34 bits per heavy atom. The van der Waals surface area contributed by atoms with Gasteiger partial charge in [-0.1, -0.05) is 23.2 Å². The largest absolute Gasteiger partial charge is 0.508 e. The van der Waals surface area contributed by atoms with E-state index in [-0.39, 0.29) is 18.5 Å². The van der Waals surface area contributed by atoms with E-state index in [2.05, 4.69) is 24.4 Å². The summed E-state index contributed by atoms with van der Waals surface area (Å²) in [5, 5.41) is 21.0. The van der Waals surface area contributed by atoms with Crippen LogP contribution in [0.1, 0.15) is 5.56 Å². The number of nitrogens with one attached hydrogen (secondary N) is 3. The highest BCUT2D eigenvalue weighted by Gasteiger charge is 2.23. The molecule has 0 radical (unpaired) electrons. The Morgan fingerprint density at radius 3 is 1.94 bits per heavy atom. The number of oxazole rings is 3. The fourth-order valence-electron chi connectivity index (χ4n) is 4.99.